The molecule has 3 fully saturated rings. The number of alkyl halides is 2. The van der Waals surface area contributed by atoms with Crippen LogP contribution in [0, 0.1) is 11.3 Å². The molecule has 4 heterocycles. The Hall–Kier alpha value is -4.38. The van der Waals surface area contributed by atoms with Crippen molar-refractivity contribution in [2.45, 2.75) is 37.5 Å². The molecule has 3 saturated heterocycles. The number of halogens is 2. The molecule has 45 heavy (non-hydrogen) atoms. The van der Waals surface area contributed by atoms with E-state index >= 15 is 0 Å². The van der Waals surface area contributed by atoms with E-state index in [0.29, 0.717) is 23.2 Å². The van der Waals surface area contributed by atoms with Crippen LogP contribution in [-0.4, -0.2) is 107 Å². The molecule has 0 aliphatic carbocycles. The van der Waals surface area contributed by atoms with Crippen LogP contribution in [0.4, 0.5) is 26.1 Å². The van der Waals surface area contributed by atoms with E-state index in [2.05, 4.69) is 37.2 Å². The van der Waals surface area contributed by atoms with Crippen LogP contribution in [0.3, 0.4) is 0 Å². The zero-order valence-electron chi connectivity index (χ0n) is 24.9. The number of ether oxygens (including phenoxy) is 2. The number of likely N-dealkylation sites (tertiary alicyclic amines) is 1. The summed E-state index contributed by atoms with van der Waals surface area (Å²) < 4.78 is 40.7. The number of amides is 1. The lowest BCUT2D eigenvalue weighted by atomic mass is 10.0. The second-order valence-corrected chi connectivity index (χ2v) is 11.6. The number of hydrogen-bond donors (Lipinski definition) is 2. The van der Waals surface area contributed by atoms with E-state index in [-0.39, 0.29) is 24.3 Å². The predicted molar refractivity (Wildman–Crippen MR) is 163 cm³/mol. The average molecular weight is 620 g/mol. The SMILES string of the molecule is C[C@H](O)C(=O)N1CC[C@H](Oc2ccc(-c3ccnc(Nc4ccc(N5CCN(C6COC6)CC5)cc4)n3)cc2C#N)C(F)(F)C1. The Balaban J connectivity index is 1.09. The molecule has 0 bridgehead atoms. The first kappa shape index (κ1) is 30.6. The molecule has 11 nitrogen and oxygen atoms in total. The van der Waals surface area contributed by atoms with E-state index in [9.17, 15) is 23.9 Å². The molecule has 3 aliphatic rings. The Bertz CT molecular complexity index is 1550. The van der Waals surface area contributed by atoms with Crippen LogP contribution in [0.1, 0.15) is 18.9 Å². The standard InChI is InChI=1S/C32H35F2N7O4/c1-21(42)30(43)41-11-9-29(32(33,34)20-41)45-28-7-2-22(16-23(28)17-35)27-8-10-36-31(38-27)37-24-3-5-25(6-4-24)39-12-14-40(15-13-39)26-18-44-19-26/h2-8,10,16,21,26,29,42H,9,11-15,18-20H2,1H3,(H,36,37,38)/t21-,29-/m0/s1. The maximum absolute atomic E-state index is 14.9. The first-order chi connectivity index (χ1) is 21.7. The van der Waals surface area contributed by atoms with Crippen LogP contribution in [-0.2, 0) is 9.53 Å². The summed E-state index contributed by atoms with van der Waals surface area (Å²) in [5.74, 6) is -3.73. The number of anilines is 3. The van der Waals surface area contributed by atoms with Gasteiger partial charge in [0, 0.05) is 62.3 Å². The number of nitrogens with one attached hydrogen (secondary N) is 1. The minimum atomic E-state index is -3.36. The van der Waals surface area contributed by atoms with E-state index in [0.717, 1.165) is 55.7 Å². The molecule has 236 valence electrons. The Labute approximate surface area is 260 Å². The molecule has 1 aromatic heterocycles. The topological polar surface area (TPSA) is 127 Å². The summed E-state index contributed by atoms with van der Waals surface area (Å²) in [6, 6.07) is 17.1. The quantitative estimate of drug-likeness (QED) is 0.388. The van der Waals surface area contributed by atoms with E-state index in [1.165, 1.54) is 19.1 Å². The number of nitriles is 1. The maximum atomic E-state index is 14.9. The molecule has 2 aromatic carbocycles. The van der Waals surface area contributed by atoms with E-state index < -0.39 is 30.6 Å². The van der Waals surface area contributed by atoms with Gasteiger partial charge in [-0.05, 0) is 55.5 Å². The lowest BCUT2D eigenvalue weighted by Crippen LogP contribution is -2.56. The van der Waals surface area contributed by atoms with Gasteiger partial charge < -0.3 is 29.7 Å². The number of piperazine rings is 1. The summed E-state index contributed by atoms with van der Waals surface area (Å²) in [4.78, 5) is 26.7. The maximum Gasteiger partial charge on any atom is 0.301 e. The summed E-state index contributed by atoms with van der Waals surface area (Å²) in [6.07, 6.45) is -1.43. The molecule has 0 unspecified atom stereocenters. The van der Waals surface area contributed by atoms with Crippen LogP contribution in [0.5, 0.6) is 5.75 Å². The van der Waals surface area contributed by atoms with Gasteiger partial charge in [0.05, 0.1) is 37.1 Å². The number of aliphatic hydroxyl groups excluding tert-OH is 1. The lowest BCUT2D eigenvalue weighted by molar-refractivity contribution is -0.165. The first-order valence-corrected chi connectivity index (χ1v) is 15.0. The number of carbonyl (C=O) groups is 1. The van der Waals surface area contributed by atoms with Crippen molar-refractivity contribution < 1.29 is 28.2 Å². The number of rotatable bonds is 8. The van der Waals surface area contributed by atoms with Gasteiger partial charge in [-0.25, -0.2) is 18.7 Å². The minimum Gasteiger partial charge on any atom is -0.483 e. The Morgan fingerprint density at radius 1 is 1.13 bits per heavy atom. The van der Waals surface area contributed by atoms with Crippen LogP contribution in [0.15, 0.2) is 54.7 Å². The van der Waals surface area contributed by atoms with Gasteiger partial charge in [-0.3, -0.25) is 9.69 Å². The molecule has 6 rings (SSSR count). The zero-order chi connectivity index (χ0) is 31.6. The second kappa shape index (κ2) is 12.9. The summed E-state index contributed by atoms with van der Waals surface area (Å²) in [7, 11) is 0. The zero-order valence-corrected chi connectivity index (χ0v) is 24.9. The van der Waals surface area contributed by atoms with Crippen LogP contribution in [0.2, 0.25) is 0 Å². The van der Waals surface area contributed by atoms with Crippen molar-refractivity contribution in [1.29, 1.82) is 5.26 Å². The van der Waals surface area contributed by atoms with Gasteiger partial charge in [0.15, 0.2) is 6.10 Å². The highest BCUT2D eigenvalue weighted by atomic mass is 19.3. The Kier molecular flexibility index (Phi) is 8.80. The molecule has 13 heteroatoms. The van der Waals surface area contributed by atoms with Crippen LogP contribution >= 0.6 is 0 Å². The van der Waals surface area contributed by atoms with Crippen LogP contribution in [0.25, 0.3) is 11.3 Å². The smallest absolute Gasteiger partial charge is 0.301 e. The predicted octanol–water partition coefficient (Wildman–Crippen LogP) is 3.28. The molecular weight excluding hydrogens is 584 g/mol. The summed E-state index contributed by atoms with van der Waals surface area (Å²) >= 11 is 0. The van der Waals surface area contributed by atoms with Crippen LogP contribution < -0.4 is 15.0 Å². The highest BCUT2D eigenvalue weighted by Gasteiger charge is 2.48. The minimum absolute atomic E-state index is 0.0109. The van der Waals surface area contributed by atoms with Gasteiger partial charge in [-0.1, -0.05) is 0 Å². The van der Waals surface area contributed by atoms with E-state index in [1.807, 2.05) is 18.2 Å². The highest BCUT2D eigenvalue weighted by molar-refractivity contribution is 5.80. The van der Waals surface area contributed by atoms with Crippen molar-refractivity contribution in [3.63, 3.8) is 0 Å². The molecule has 2 N–H and O–H groups in total. The molecule has 1 amide bonds. The van der Waals surface area contributed by atoms with Gasteiger partial charge in [-0.15, -0.1) is 0 Å². The highest BCUT2D eigenvalue weighted by Crippen LogP contribution is 2.34. The molecule has 0 spiro atoms. The molecule has 2 atom stereocenters. The fraction of sp³-hybridized carbons (Fsp3) is 0.438. The van der Waals surface area contributed by atoms with E-state index in [4.69, 9.17) is 9.47 Å². The van der Waals surface area contributed by atoms with Gasteiger partial charge in [0.1, 0.15) is 17.9 Å². The molecule has 3 aliphatic heterocycles. The van der Waals surface area contributed by atoms with Gasteiger partial charge >= 0.3 is 5.92 Å². The van der Waals surface area contributed by atoms with E-state index in [1.54, 1.807) is 18.3 Å². The Morgan fingerprint density at radius 2 is 1.89 bits per heavy atom. The average Bonchev–Trinajstić information content (AvgIpc) is 3.01. The van der Waals surface area contributed by atoms with Crippen molar-refractivity contribution >= 4 is 23.2 Å². The van der Waals surface area contributed by atoms with Gasteiger partial charge in [0.25, 0.3) is 5.91 Å². The Morgan fingerprint density at radius 3 is 2.53 bits per heavy atom. The summed E-state index contributed by atoms with van der Waals surface area (Å²) in [5, 5.41) is 22.5. The monoisotopic (exact) mass is 619 g/mol. The second-order valence-electron chi connectivity index (χ2n) is 11.6. The molecule has 3 aromatic rings. The third-order valence-corrected chi connectivity index (χ3v) is 8.46. The number of aliphatic hydroxyl groups is 1. The van der Waals surface area contributed by atoms with Crippen molar-refractivity contribution in [2.24, 2.45) is 0 Å². The number of aromatic nitrogens is 2. The number of nitrogens with zero attached hydrogens (tertiary/aromatic N) is 6. The molecule has 0 saturated carbocycles. The lowest BCUT2D eigenvalue weighted by Gasteiger charge is -2.43. The molecule has 0 radical (unpaired) electrons. The summed E-state index contributed by atoms with van der Waals surface area (Å²) in [6.45, 7) is 6.04. The first-order valence-electron chi connectivity index (χ1n) is 15.0. The fourth-order valence-corrected chi connectivity index (χ4v) is 5.79. The van der Waals surface area contributed by atoms with Crippen molar-refractivity contribution in [3.05, 3.63) is 60.3 Å². The normalized spacial score (nSPS) is 21.0. The van der Waals surface area contributed by atoms with Gasteiger partial charge in [0.2, 0.25) is 5.95 Å². The van der Waals surface area contributed by atoms with Gasteiger partial charge in [-0.2, -0.15) is 5.26 Å². The fourth-order valence-electron chi connectivity index (χ4n) is 5.79. The molecular formula is C32H35F2N7O4. The summed E-state index contributed by atoms with van der Waals surface area (Å²) in [5.41, 5.74) is 3.19. The third kappa shape index (κ3) is 6.83. The van der Waals surface area contributed by atoms with Crippen molar-refractivity contribution in [1.82, 2.24) is 19.8 Å². The number of piperidine rings is 1. The van der Waals surface area contributed by atoms with Crippen molar-refractivity contribution in [2.75, 3.05) is 62.7 Å². The third-order valence-electron chi connectivity index (χ3n) is 8.46. The van der Waals surface area contributed by atoms with Crippen molar-refractivity contribution in [3.8, 4) is 23.1 Å². The largest absolute Gasteiger partial charge is 0.483 e. The number of hydrogen-bond acceptors (Lipinski definition) is 10. The number of carbonyl (C=O) groups excluding carboxylic acids is 1. The number of benzene rings is 2.